The minimum absolute atomic E-state index is 0.0256. The highest BCUT2D eigenvalue weighted by Crippen LogP contribution is 2.24. The Kier molecular flexibility index (Phi) is 6.03. The molecule has 0 aliphatic carbocycles. The number of halogens is 3. The van der Waals surface area contributed by atoms with Gasteiger partial charge in [-0.15, -0.1) is 0 Å². The fraction of sp³-hybridized carbons (Fsp3) is 0.529. The Morgan fingerprint density at radius 3 is 2.64 bits per heavy atom. The maximum absolute atomic E-state index is 14.1. The van der Waals surface area contributed by atoms with Gasteiger partial charge in [-0.2, -0.15) is 0 Å². The number of benzene rings is 1. The number of carbonyl (C=O) groups excluding carboxylic acids is 2. The van der Waals surface area contributed by atoms with Crippen LogP contribution in [-0.2, 0) is 4.74 Å². The molecule has 0 unspecified atom stereocenters. The third kappa shape index (κ3) is 5.14. The van der Waals surface area contributed by atoms with Gasteiger partial charge in [0.15, 0.2) is 5.82 Å². The Labute approximate surface area is 153 Å². The Hall–Kier alpha value is -1.70. The number of amides is 2. The number of likely N-dealkylation sites (tertiary alicyclic amines) is 1. The third-order valence-corrected chi connectivity index (χ3v) is 4.30. The SMILES string of the molecule is CC(C)(C)OC(=O)N[C@H]1CCCN(C(=O)c2c(F)ccc(Br)c2F)C1. The fourth-order valence-corrected chi connectivity index (χ4v) is 2.97. The van der Waals surface area contributed by atoms with Crippen molar-refractivity contribution in [2.45, 2.75) is 45.3 Å². The average Bonchev–Trinajstić information content (AvgIpc) is 2.49. The molecule has 0 bridgehead atoms. The number of alkyl carbamates (subject to hydrolysis) is 1. The highest BCUT2D eigenvalue weighted by Gasteiger charge is 2.30. The average molecular weight is 419 g/mol. The summed E-state index contributed by atoms with van der Waals surface area (Å²) in [4.78, 5) is 25.7. The van der Waals surface area contributed by atoms with Crippen molar-refractivity contribution in [3.63, 3.8) is 0 Å². The van der Waals surface area contributed by atoms with Crippen molar-refractivity contribution in [3.05, 3.63) is 33.8 Å². The van der Waals surface area contributed by atoms with Crippen molar-refractivity contribution in [2.24, 2.45) is 0 Å². The summed E-state index contributed by atoms with van der Waals surface area (Å²) in [6, 6.07) is 1.93. The summed E-state index contributed by atoms with van der Waals surface area (Å²) in [6.07, 6.45) is 0.697. The molecule has 5 nitrogen and oxygen atoms in total. The number of piperidine rings is 1. The van der Waals surface area contributed by atoms with Crippen molar-refractivity contribution in [1.82, 2.24) is 10.2 Å². The van der Waals surface area contributed by atoms with Crippen molar-refractivity contribution in [3.8, 4) is 0 Å². The lowest BCUT2D eigenvalue weighted by Gasteiger charge is -2.33. The van der Waals surface area contributed by atoms with Crippen LogP contribution >= 0.6 is 15.9 Å². The molecule has 1 atom stereocenters. The lowest BCUT2D eigenvalue weighted by molar-refractivity contribution is 0.0450. The van der Waals surface area contributed by atoms with Crippen molar-refractivity contribution >= 4 is 27.9 Å². The molecule has 1 fully saturated rings. The topological polar surface area (TPSA) is 58.6 Å². The van der Waals surface area contributed by atoms with E-state index in [1.807, 2.05) is 0 Å². The molecule has 1 aliphatic heterocycles. The summed E-state index contributed by atoms with van der Waals surface area (Å²) in [6.45, 7) is 5.80. The van der Waals surface area contributed by atoms with Crippen LogP contribution in [-0.4, -0.2) is 41.6 Å². The van der Waals surface area contributed by atoms with Gasteiger partial charge >= 0.3 is 6.09 Å². The van der Waals surface area contributed by atoms with Crippen molar-refractivity contribution in [1.29, 1.82) is 0 Å². The lowest BCUT2D eigenvalue weighted by atomic mass is 10.0. The second kappa shape index (κ2) is 7.68. The van der Waals surface area contributed by atoms with Crippen LogP contribution in [0.4, 0.5) is 13.6 Å². The number of carbonyl (C=O) groups is 2. The molecule has 1 saturated heterocycles. The molecular weight excluding hydrogens is 398 g/mol. The van der Waals surface area contributed by atoms with Gasteiger partial charge in [0.25, 0.3) is 5.91 Å². The van der Waals surface area contributed by atoms with Crippen LogP contribution in [0.3, 0.4) is 0 Å². The van der Waals surface area contributed by atoms with Gasteiger partial charge in [-0.3, -0.25) is 4.79 Å². The van der Waals surface area contributed by atoms with E-state index in [9.17, 15) is 18.4 Å². The van der Waals surface area contributed by atoms with Crippen LogP contribution in [0.1, 0.15) is 44.0 Å². The zero-order valence-corrected chi connectivity index (χ0v) is 16.0. The van der Waals surface area contributed by atoms with Crippen molar-refractivity contribution < 1.29 is 23.1 Å². The Bertz CT molecular complexity index is 677. The molecule has 8 heteroatoms. The minimum atomic E-state index is -0.924. The second-order valence-corrected chi connectivity index (χ2v) is 7.81. The molecule has 2 rings (SSSR count). The van der Waals surface area contributed by atoms with Crippen LogP contribution in [0.2, 0.25) is 0 Å². The molecule has 0 saturated carbocycles. The van der Waals surface area contributed by atoms with E-state index in [0.29, 0.717) is 19.4 Å². The largest absolute Gasteiger partial charge is 0.444 e. The van der Waals surface area contributed by atoms with Crippen LogP contribution < -0.4 is 5.32 Å². The zero-order valence-electron chi connectivity index (χ0n) is 14.4. The summed E-state index contributed by atoms with van der Waals surface area (Å²) >= 11 is 2.96. The maximum atomic E-state index is 14.1. The van der Waals surface area contributed by atoms with Gasteiger partial charge in [0.1, 0.15) is 17.0 Å². The monoisotopic (exact) mass is 418 g/mol. The molecule has 25 heavy (non-hydrogen) atoms. The zero-order chi connectivity index (χ0) is 18.8. The van der Waals surface area contributed by atoms with E-state index in [2.05, 4.69) is 21.2 Å². The quantitative estimate of drug-likeness (QED) is 0.741. The van der Waals surface area contributed by atoms with Gasteiger partial charge in [0.2, 0.25) is 0 Å². The first-order chi connectivity index (χ1) is 11.6. The van der Waals surface area contributed by atoms with E-state index in [-0.39, 0.29) is 17.1 Å². The molecule has 0 spiro atoms. The van der Waals surface area contributed by atoms with Crippen LogP contribution in [0.25, 0.3) is 0 Å². The summed E-state index contributed by atoms with van der Waals surface area (Å²) in [5.74, 6) is -2.56. The van der Waals surface area contributed by atoms with E-state index in [4.69, 9.17) is 4.74 Å². The van der Waals surface area contributed by atoms with Crippen LogP contribution in [0.15, 0.2) is 16.6 Å². The van der Waals surface area contributed by atoms with Crippen LogP contribution in [0, 0.1) is 11.6 Å². The highest BCUT2D eigenvalue weighted by molar-refractivity contribution is 9.10. The van der Waals surface area contributed by atoms with Crippen LogP contribution in [0.5, 0.6) is 0 Å². The van der Waals surface area contributed by atoms with Gasteiger partial charge in [-0.1, -0.05) is 0 Å². The number of nitrogens with one attached hydrogen (secondary N) is 1. The normalized spacial score (nSPS) is 18.0. The Morgan fingerprint density at radius 1 is 1.32 bits per heavy atom. The molecule has 1 heterocycles. The summed E-state index contributed by atoms with van der Waals surface area (Å²) in [5, 5.41) is 2.70. The third-order valence-electron chi connectivity index (χ3n) is 3.69. The smallest absolute Gasteiger partial charge is 0.407 e. The number of ether oxygens (including phenoxy) is 1. The summed E-state index contributed by atoms with van der Waals surface area (Å²) < 4.78 is 33.3. The molecule has 1 N–H and O–H groups in total. The van der Waals surface area contributed by atoms with Gasteiger partial charge < -0.3 is 15.0 Å². The fourth-order valence-electron chi connectivity index (χ4n) is 2.63. The van der Waals surface area contributed by atoms with E-state index in [1.165, 1.54) is 11.0 Å². The number of rotatable bonds is 2. The molecule has 0 aromatic heterocycles. The Balaban J connectivity index is 2.07. The van der Waals surface area contributed by atoms with Gasteiger partial charge in [0.05, 0.1) is 4.47 Å². The number of hydrogen-bond acceptors (Lipinski definition) is 3. The van der Waals surface area contributed by atoms with Gasteiger partial charge in [-0.25, -0.2) is 13.6 Å². The predicted molar refractivity (Wildman–Crippen MR) is 92.4 cm³/mol. The first-order valence-electron chi connectivity index (χ1n) is 8.01. The molecular formula is C17H21BrF2N2O3. The standard InChI is InChI=1S/C17H21BrF2N2O3/c1-17(2,3)25-16(24)21-10-5-4-8-22(9-10)15(23)13-12(19)7-6-11(18)14(13)20/h6-7,10H,4-5,8-9H2,1-3H3,(H,21,24)/t10-/m0/s1. The minimum Gasteiger partial charge on any atom is -0.444 e. The Morgan fingerprint density at radius 2 is 2.00 bits per heavy atom. The first kappa shape index (κ1) is 19.6. The van der Waals surface area contributed by atoms with Gasteiger partial charge in [-0.05, 0) is 61.7 Å². The maximum Gasteiger partial charge on any atom is 0.407 e. The molecule has 138 valence electrons. The van der Waals surface area contributed by atoms with Crippen molar-refractivity contribution in [2.75, 3.05) is 13.1 Å². The predicted octanol–water partition coefficient (Wildman–Crippen LogP) is 3.86. The van der Waals surface area contributed by atoms with E-state index >= 15 is 0 Å². The lowest BCUT2D eigenvalue weighted by Crippen LogP contribution is -2.50. The van der Waals surface area contributed by atoms with E-state index in [1.54, 1.807) is 20.8 Å². The first-order valence-corrected chi connectivity index (χ1v) is 8.80. The number of nitrogens with zero attached hydrogens (tertiary/aromatic N) is 1. The number of hydrogen-bond donors (Lipinski definition) is 1. The molecule has 1 aromatic rings. The molecule has 2 amide bonds. The second-order valence-electron chi connectivity index (χ2n) is 6.95. The molecule has 0 radical (unpaired) electrons. The molecule has 1 aromatic carbocycles. The highest BCUT2D eigenvalue weighted by atomic mass is 79.9. The van der Waals surface area contributed by atoms with E-state index < -0.39 is 34.8 Å². The molecule has 1 aliphatic rings. The van der Waals surface area contributed by atoms with Gasteiger partial charge in [0, 0.05) is 19.1 Å². The summed E-state index contributed by atoms with van der Waals surface area (Å²) in [7, 11) is 0. The summed E-state index contributed by atoms with van der Waals surface area (Å²) in [5.41, 5.74) is -1.22. The van der Waals surface area contributed by atoms with E-state index in [0.717, 1.165) is 6.07 Å².